The van der Waals surface area contributed by atoms with Crippen LogP contribution in [0.15, 0.2) is 0 Å². The Kier molecular flexibility index (Phi) is 3.98. The minimum atomic E-state index is 0.168. The van der Waals surface area contributed by atoms with E-state index in [2.05, 4.69) is 43.6 Å². The summed E-state index contributed by atoms with van der Waals surface area (Å²) in [6.45, 7) is 9.15. The summed E-state index contributed by atoms with van der Waals surface area (Å²) in [6, 6.07) is 1.10. The van der Waals surface area contributed by atoms with Crippen molar-refractivity contribution >= 4 is 17.3 Å². The predicted octanol–water partition coefficient (Wildman–Crippen LogP) is 2.95. The molecule has 2 bridgehead atoms. The number of hydrogen-bond acceptors (Lipinski definition) is 2. The largest absolute Gasteiger partial charge is 0.360 e. The Morgan fingerprint density at radius 3 is 2.19 bits per heavy atom. The van der Waals surface area contributed by atoms with Crippen LogP contribution in [0.3, 0.4) is 0 Å². The molecule has 0 spiro atoms. The molecule has 0 aromatic carbocycles. The maximum Gasteiger partial charge on any atom is 0.166 e. The maximum absolute atomic E-state index is 5.59. The second-order valence-corrected chi connectivity index (χ2v) is 9.31. The first-order chi connectivity index (χ1) is 9.72. The lowest BCUT2D eigenvalue weighted by Gasteiger charge is -2.47. The van der Waals surface area contributed by atoms with E-state index >= 15 is 0 Å². The van der Waals surface area contributed by atoms with Gasteiger partial charge < -0.3 is 16.0 Å². The smallest absolute Gasteiger partial charge is 0.166 e. The van der Waals surface area contributed by atoms with Crippen molar-refractivity contribution in [1.29, 1.82) is 0 Å². The average molecular weight is 310 g/mol. The molecule has 1 aliphatic heterocycles. The first-order valence-corrected chi connectivity index (χ1v) is 9.00. The lowest BCUT2D eigenvalue weighted by atomic mass is 9.80. The summed E-state index contributed by atoms with van der Waals surface area (Å²) in [4.78, 5) is 0. The zero-order valence-electron chi connectivity index (χ0n) is 14.0. The van der Waals surface area contributed by atoms with E-state index in [1.165, 1.54) is 25.7 Å². The van der Waals surface area contributed by atoms with Gasteiger partial charge in [0.05, 0.1) is 0 Å². The van der Waals surface area contributed by atoms with Crippen LogP contribution in [0.4, 0.5) is 0 Å². The summed E-state index contributed by atoms with van der Waals surface area (Å²) in [5.41, 5.74) is 0.336. The van der Waals surface area contributed by atoms with Gasteiger partial charge in [-0.1, -0.05) is 6.42 Å². The quantitative estimate of drug-likeness (QED) is 0.686. The minimum absolute atomic E-state index is 0.168. The first kappa shape index (κ1) is 15.5. The Bertz CT molecular complexity index is 402. The van der Waals surface area contributed by atoms with Gasteiger partial charge in [0.1, 0.15) is 0 Å². The molecule has 3 rings (SSSR count). The number of thiocarbonyl (C=S) groups is 1. The number of rotatable bonds is 2. The zero-order valence-corrected chi connectivity index (χ0v) is 14.8. The van der Waals surface area contributed by atoms with Gasteiger partial charge in [0.2, 0.25) is 0 Å². The molecule has 3 atom stereocenters. The van der Waals surface area contributed by atoms with Crippen LogP contribution >= 0.6 is 12.2 Å². The van der Waals surface area contributed by atoms with Gasteiger partial charge in [-0.3, -0.25) is 0 Å². The van der Waals surface area contributed by atoms with Crippen molar-refractivity contribution in [2.45, 2.75) is 89.4 Å². The van der Waals surface area contributed by atoms with E-state index < -0.39 is 0 Å². The summed E-state index contributed by atoms with van der Waals surface area (Å²) in [7, 11) is 0. The van der Waals surface area contributed by atoms with Crippen molar-refractivity contribution in [1.82, 2.24) is 16.0 Å². The van der Waals surface area contributed by atoms with Crippen LogP contribution in [-0.2, 0) is 0 Å². The summed E-state index contributed by atoms with van der Waals surface area (Å²) >= 11 is 5.59. The molecule has 0 amide bonds. The van der Waals surface area contributed by atoms with Gasteiger partial charge in [-0.25, -0.2) is 0 Å². The molecule has 4 heteroatoms. The van der Waals surface area contributed by atoms with E-state index in [1.807, 2.05) is 0 Å². The minimum Gasteiger partial charge on any atom is -0.360 e. The standard InChI is InChI=1S/C17H31N3S/c1-16(2)9-13(10-17(3,4)20-16)18-15(21)19-14-8-11-5-6-12(14)7-11/h11-14,20H,5-10H2,1-4H3,(H2,18,19,21)/t11-,12+,14-/m0/s1. The van der Waals surface area contributed by atoms with Crippen LogP contribution in [0.5, 0.6) is 0 Å². The van der Waals surface area contributed by atoms with E-state index in [1.54, 1.807) is 0 Å². The third kappa shape index (κ3) is 3.70. The van der Waals surface area contributed by atoms with Gasteiger partial charge in [-0.2, -0.15) is 0 Å². The van der Waals surface area contributed by atoms with Gasteiger partial charge in [-0.05, 0) is 83.9 Å². The lowest BCUT2D eigenvalue weighted by Crippen LogP contribution is -2.63. The highest BCUT2D eigenvalue weighted by atomic mass is 32.1. The molecule has 0 radical (unpaired) electrons. The molecule has 3 nitrogen and oxygen atoms in total. The highest BCUT2D eigenvalue weighted by molar-refractivity contribution is 7.80. The molecule has 3 aliphatic rings. The summed E-state index contributed by atoms with van der Waals surface area (Å²) in [5, 5.41) is 11.8. The highest BCUT2D eigenvalue weighted by Crippen LogP contribution is 2.44. The highest BCUT2D eigenvalue weighted by Gasteiger charge is 2.41. The SMILES string of the molecule is CC1(C)CC(NC(=S)N[C@H]2C[C@H]3CC[C@@H]2C3)CC(C)(C)N1. The van der Waals surface area contributed by atoms with E-state index in [0.29, 0.717) is 12.1 Å². The van der Waals surface area contributed by atoms with Gasteiger partial charge >= 0.3 is 0 Å². The molecule has 0 aromatic heterocycles. The normalized spacial score (nSPS) is 37.4. The van der Waals surface area contributed by atoms with Gasteiger partial charge in [0, 0.05) is 23.2 Å². The third-order valence-corrected chi connectivity index (χ3v) is 5.82. The summed E-state index contributed by atoms with van der Waals surface area (Å²) in [6.07, 6.45) is 7.84. The maximum atomic E-state index is 5.59. The first-order valence-electron chi connectivity index (χ1n) is 8.59. The zero-order chi connectivity index (χ0) is 15.3. The van der Waals surface area contributed by atoms with E-state index in [9.17, 15) is 0 Å². The van der Waals surface area contributed by atoms with E-state index in [0.717, 1.165) is 29.8 Å². The Morgan fingerprint density at radius 1 is 1.00 bits per heavy atom. The molecular formula is C17H31N3S. The molecule has 21 heavy (non-hydrogen) atoms. The fraction of sp³-hybridized carbons (Fsp3) is 0.941. The van der Waals surface area contributed by atoms with Crippen LogP contribution in [0.1, 0.15) is 66.2 Å². The molecule has 120 valence electrons. The van der Waals surface area contributed by atoms with Crippen LogP contribution < -0.4 is 16.0 Å². The summed E-state index contributed by atoms with van der Waals surface area (Å²) in [5.74, 6) is 1.84. The second kappa shape index (κ2) is 5.38. The molecule has 1 heterocycles. The molecule has 0 unspecified atom stereocenters. The Labute approximate surface area is 135 Å². The molecule has 2 saturated carbocycles. The molecule has 2 aliphatic carbocycles. The second-order valence-electron chi connectivity index (χ2n) is 8.90. The van der Waals surface area contributed by atoms with Crippen LogP contribution in [0.25, 0.3) is 0 Å². The summed E-state index contributed by atoms with van der Waals surface area (Å²) < 4.78 is 0. The number of fused-ring (bicyclic) bond motifs is 2. The van der Waals surface area contributed by atoms with Gasteiger partial charge in [-0.15, -0.1) is 0 Å². The molecule has 0 aromatic rings. The average Bonchev–Trinajstić information content (AvgIpc) is 2.85. The monoisotopic (exact) mass is 309 g/mol. The van der Waals surface area contributed by atoms with Crippen molar-refractivity contribution in [3.63, 3.8) is 0 Å². The van der Waals surface area contributed by atoms with Crippen LogP contribution in [0, 0.1) is 11.8 Å². The van der Waals surface area contributed by atoms with E-state index in [4.69, 9.17) is 12.2 Å². The number of hydrogen-bond donors (Lipinski definition) is 3. The van der Waals surface area contributed by atoms with Crippen LogP contribution in [0.2, 0.25) is 0 Å². The molecule has 1 saturated heterocycles. The van der Waals surface area contributed by atoms with E-state index in [-0.39, 0.29) is 11.1 Å². The Balaban J connectivity index is 1.52. The van der Waals surface area contributed by atoms with Crippen molar-refractivity contribution in [3.05, 3.63) is 0 Å². The number of nitrogens with one attached hydrogen (secondary N) is 3. The molecular weight excluding hydrogens is 278 g/mol. The van der Waals surface area contributed by atoms with Crippen LogP contribution in [-0.4, -0.2) is 28.3 Å². The van der Waals surface area contributed by atoms with Crippen molar-refractivity contribution in [2.75, 3.05) is 0 Å². The van der Waals surface area contributed by atoms with Crippen molar-refractivity contribution < 1.29 is 0 Å². The lowest BCUT2D eigenvalue weighted by molar-refractivity contribution is 0.155. The molecule has 3 N–H and O–H groups in total. The Hall–Kier alpha value is -0.350. The molecule has 3 fully saturated rings. The third-order valence-electron chi connectivity index (χ3n) is 5.58. The topological polar surface area (TPSA) is 36.1 Å². The fourth-order valence-electron chi connectivity index (χ4n) is 5.24. The van der Waals surface area contributed by atoms with Gasteiger partial charge in [0.15, 0.2) is 5.11 Å². The van der Waals surface area contributed by atoms with Gasteiger partial charge in [0.25, 0.3) is 0 Å². The fourth-order valence-corrected chi connectivity index (χ4v) is 5.56. The number of piperidine rings is 1. The van der Waals surface area contributed by atoms with Crippen molar-refractivity contribution in [2.24, 2.45) is 11.8 Å². The Morgan fingerprint density at radius 2 is 1.67 bits per heavy atom. The predicted molar refractivity (Wildman–Crippen MR) is 92.4 cm³/mol. The van der Waals surface area contributed by atoms with Crippen molar-refractivity contribution in [3.8, 4) is 0 Å².